The second-order valence-electron chi connectivity index (χ2n) is 5.70. The van der Waals surface area contributed by atoms with Crippen LogP contribution in [0.1, 0.15) is 28.9 Å². The zero-order valence-corrected chi connectivity index (χ0v) is 13.7. The molecule has 1 unspecified atom stereocenters. The van der Waals surface area contributed by atoms with Crippen LogP contribution in [0.3, 0.4) is 0 Å². The Kier molecular flexibility index (Phi) is 5.04. The minimum Gasteiger partial charge on any atom is -0.377 e. The molecule has 3 rings (SSSR count). The van der Waals surface area contributed by atoms with Gasteiger partial charge in [0.05, 0.1) is 11.3 Å². The van der Waals surface area contributed by atoms with Gasteiger partial charge in [-0.2, -0.15) is 0 Å². The van der Waals surface area contributed by atoms with Crippen LogP contribution < -0.4 is 10.6 Å². The third-order valence-corrected chi connectivity index (χ3v) is 3.79. The van der Waals surface area contributed by atoms with Crippen LogP contribution in [0.25, 0.3) is 0 Å². The number of nitrogens with zero attached hydrogens (tertiary/aromatic N) is 1. The van der Waals surface area contributed by atoms with Crippen LogP contribution in [0.5, 0.6) is 0 Å². The number of benzene rings is 2. The van der Waals surface area contributed by atoms with E-state index in [1.807, 2.05) is 37.3 Å². The molecule has 0 bridgehead atoms. The van der Waals surface area contributed by atoms with Crippen LogP contribution in [-0.4, -0.2) is 10.9 Å². The smallest absolute Gasteiger partial charge is 0.257 e. The van der Waals surface area contributed by atoms with E-state index in [0.717, 1.165) is 11.3 Å². The molecule has 2 N–H and O–H groups in total. The lowest BCUT2D eigenvalue weighted by atomic mass is 10.1. The van der Waals surface area contributed by atoms with Gasteiger partial charge in [0.25, 0.3) is 5.91 Å². The average molecular weight is 335 g/mol. The van der Waals surface area contributed by atoms with Gasteiger partial charge in [-0.15, -0.1) is 0 Å². The first-order valence-corrected chi connectivity index (χ1v) is 7.95. The highest BCUT2D eigenvalue weighted by molar-refractivity contribution is 6.04. The van der Waals surface area contributed by atoms with Crippen molar-refractivity contribution in [2.24, 2.45) is 0 Å². The first-order valence-electron chi connectivity index (χ1n) is 7.95. The SMILES string of the molecule is CC(Nc1cncc(C(=O)Nc2ccc(F)cc2)c1)c1ccccc1. The Morgan fingerprint density at radius 2 is 1.72 bits per heavy atom. The Morgan fingerprint density at radius 1 is 1.00 bits per heavy atom. The molecule has 0 saturated carbocycles. The maximum Gasteiger partial charge on any atom is 0.257 e. The summed E-state index contributed by atoms with van der Waals surface area (Å²) >= 11 is 0. The fourth-order valence-corrected chi connectivity index (χ4v) is 2.45. The highest BCUT2D eigenvalue weighted by Crippen LogP contribution is 2.19. The summed E-state index contributed by atoms with van der Waals surface area (Å²) in [6.07, 6.45) is 3.17. The molecule has 0 spiro atoms. The Bertz CT molecular complexity index is 850. The van der Waals surface area contributed by atoms with Crippen molar-refractivity contribution in [2.45, 2.75) is 13.0 Å². The number of pyridine rings is 1. The van der Waals surface area contributed by atoms with Gasteiger partial charge in [-0.3, -0.25) is 9.78 Å². The molecule has 1 amide bonds. The molecule has 0 aliphatic rings. The average Bonchev–Trinajstić information content (AvgIpc) is 2.64. The zero-order chi connectivity index (χ0) is 17.6. The van der Waals surface area contributed by atoms with Gasteiger partial charge in [-0.1, -0.05) is 30.3 Å². The summed E-state index contributed by atoms with van der Waals surface area (Å²) in [5.41, 5.74) is 2.85. The van der Waals surface area contributed by atoms with Crippen LogP contribution in [0.2, 0.25) is 0 Å². The summed E-state index contributed by atoms with van der Waals surface area (Å²) in [7, 11) is 0. The van der Waals surface area contributed by atoms with Gasteiger partial charge in [0.1, 0.15) is 5.82 Å². The lowest BCUT2D eigenvalue weighted by molar-refractivity contribution is 0.102. The van der Waals surface area contributed by atoms with E-state index in [1.165, 1.54) is 30.5 Å². The standard InChI is InChI=1S/C20H18FN3O/c1-14(15-5-3-2-4-6-15)23-19-11-16(12-22-13-19)20(25)24-18-9-7-17(21)8-10-18/h2-14,23H,1H3,(H,24,25). The zero-order valence-electron chi connectivity index (χ0n) is 13.7. The van der Waals surface area contributed by atoms with E-state index in [1.54, 1.807) is 12.3 Å². The van der Waals surface area contributed by atoms with Gasteiger partial charge in [0.15, 0.2) is 0 Å². The van der Waals surface area contributed by atoms with Crippen LogP contribution in [0, 0.1) is 5.82 Å². The minimum absolute atomic E-state index is 0.0819. The fourth-order valence-electron chi connectivity index (χ4n) is 2.45. The molecule has 1 aromatic heterocycles. The van der Waals surface area contributed by atoms with Gasteiger partial charge in [-0.05, 0) is 42.8 Å². The monoisotopic (exact) mass is 335 g/mol. The minimum atomic E-state index is -0.347. The molecule has 0 fully saturated rings. The molecule has 4 nitrogen and oxygen atoms in total. The van der Waals surface area contributed by atoms with E-state index in [-0.39, 0.29) is 17.8 Å². The number of hydrogen-bond donors (Lipinski definition) is 2. The Balaban J connectivity index is 1.70. The molecule has 0 radical (unpaired) electrons. The summed E-state index contributed by atoms with van der Waals surface area (Å²) < 4.78 is 12.9. The highest BCUT2D eigenvalue weighted by Gasteiger charge is 2.10. The highest BCUT2D eigenvalue weighted by atomic mass is 19.1. The number of aromatic nitrogens is 1. The quantitative estimate of drug-likeness (QED) is 0.714. The van der Waals surface area contributed by atoms with Gasteiger partial charge in [0.2, 0.25) is 0 Å². The normalized spacial score (nSPS) is 11.6. The number of carbonyl (C=O) groups excluding carboxylic acids is 1. The number of carbonyl (C=O) groups is 1. The molecule has 0 aliphatic heterocycles. The number of nitrogens with one attached hydrogen (secondary N) is 2. The second kappa shape index (κ2) is 7.57. The third kappa shape index (κ3) is 4.41. The molecule has 3 aromatic rings. The number of anilines is 2. The van der Waals surface area contributed by atoms with Gasteiger partial charge in [-0.25, -0.2) is 4.39 Å². The molecule has 5 heteroatoms. The van der Waals surface area contributed by atoms with Crippen LogP contribution in [0.15, 0.2) is 73.1 Å². The number of halogens is 1. The molecular formula is C20H18FN3O. The van der Waals surface area contributed by atoms with Gasteiger partial charge in [0, 0.05) is 24.1 Å². The lowest BCUT2D eigenvalue weighted by Gasteiger charge is -2.16. The van der Waals surface area contributed by atoms with Gasteiger partial charge >= 0.3 is 0 Å². The van der Waals surface area contributed by atoms with Crippen LogP contribution in [0.4, 0.5) is 15.8 Å². The predicted molar refractivity (Wildman–Crippen MR) is 97.1 cm³/mol. The summed E-state index contributed by atoms with van der Waals surface area (Å²) in [5, 5.41) is 6.06. The van der Waals surface area contributed by atoms with E-state index < -0.39 is 0 Å². The molecule has 1 atom stereocenters. The molecule has 2 aromatic carbocycles. The van der Waals surface area contributed by atoms with Crippen molar-refractivity contribution in [3.8, 4) is 0 Å². The number of amides is 1. The molecular weight excluding hydrogens is 317 g/mol. The summed E-state index contributed by atoms with van der Waals surface area (Å²) in [5.74, 6) is -0.643. The fraction of sp³-hybridized carbons (Fsp3) is 0.100. The largest absolute Gasteiger partial charge is 0.377 e. The van der Waals surface area contributed by atoms with E-state index in [9.17, 15) is 9.18 Å². The van der Waals surface area contributed by atoms with Crippen LogP contribution in [-0.2, 0) is 0 Å². The van der Waals surface area contributed by atoms with Crippen molar-refractivity contribution in [1.29, 1.82) is 0 Å². The Morgan fingerprint density at radius 3 is 2.44 bits per heavy atom. The van der Waals surface area contributed by atoms with Crippen molar-refractivity contribution >= 4 is 17.3 Å². The molecule has 1 heterocycles. The van der Waals surface area contributed by atoms with Crippen molar-refractivity contribution < 1.29 is 9.18 Å². The first kappa shape index (κ1) is 16.6. The van der Waals surface area contributed by atoms with E-state index in [0.29, 0.717) is 11.3 Å². The lowest BCUT2D eigenvalue weighted by Crippen LogP contribution is -2.13. The molecule has 0 saturated heterocycles. The Hall–Kier alpha value is -3.21. The first-order chi connectivity index (χ1) is 12.1. The van der Waals surface area contributed by atoms with Crippen molar-refractivity contribution in [3.63, 3.8) is 0 Å². The maximum absolute atomic E-state index is 12.9. The third-order valence-electron chi connectivity index (χ3n) is 3.79. The Labute approximate surface area is 145 Å². The summed E-state index contributed by atoms with van der Waals surface area (Å²) in [4.78, 5) is 16.5. The molecule has 25 heavy (non-hydrogen) atoms. The second-order valence-corrected chi connectivity index (χ2v) is 5.70. The van der Waals surface area contributed by atoms with E-state index in [2.05, 4.69) is 15.6 Å². The van der Waals surface area contributed by atoms with E-state index >= 15 is 0 Å². The van der Waals surface area contributed by atoms with Crippen molar-refractivity contribution in [3.05, 3.63) is 90.0 Å². The summed E-state index contributed by atoms with van der Waals surface area (Å²) in [6.45, 7) is 2.04. The predicted octanol–water partition coefficient (Wildman–Crippen LogP) is 4.65. The number of hydrogen-bond acceptors (Lipinski definition) is 3. The molecule has 0 aliphatic carbocycles. The maximum atomic E-state index is 12.9. The van der Waals surface area contributed by atoms with Crippen LogP contribution >= 0.6 is 0 Å². The van der Waals surface area contributed by atoms with Gasteiger partial charge < -0.3 is 10.6 Å². The summed E-state index contributed by atoms with van der Waals surface area (Å²) in [6, 6.07) is 17.5. The van der Waals surface area contributed by atoms with E-state index in [4.69, 9.17) is 0 Å². The number of rotatable bonds is 5. The molecule has 126 valence electrons. The topological polar surface area (TPSA) is 54.0 Å². The van der Waals surface area contributed by atoms with Crippen molar-refractivity contribution in [1.82, 2.24) is 4.98 Å². The van der Waals surface area contributed by atoms with Crippen molar-refractivity contribution in [2.75, 3.05) is 10.6 Å².